The molecule has 0 spiro atoms. The molecule has 8 nitrogen and oxygen atoms in total. The second-order valence-electron chi connectivity index (χ2n) is 7.62. The molecule has 0 aliphatic rings. The number of carbonyl (C=O) groups is 1. The summed E-state index contributed by atoms with van der Waals surface area (Å²) in [5, 5.41) is 9.20. The Morgan fingerprint density at radius 3 is 2.17 bits per heavy atom. The number of alkyl halides is 3. The molecular weight excluding hydrogens is 515 g/mol. The van der Waals surface area contributed by atoms with Gasteiger partial charge < -0.3 is 10.6 Å². The number of aromatic nitrogens is 2. The lowest BCUT2D eigenvalue weighted by Gasteiger charge is -2.19. The quantitative estimate of drug-likeness (QED) is 0.334. The van der Waals surface area contributed by atoms with Gasteiger partial charge in [-0.3, -0.25) is 8.99 Å². The molecule has 13 heteroatoms. The number of amides is 2. The minimum atomic E-state index is -4.57. The molecule has 2 aromatic carbocycles. The van der Waals surface area contributed by atoms with E-state index >= 15 is 0 Å². The molecule has 4 rings (SSSR count). The molecule has 0 aliphatic carbocycles. The van der Waals surface area contributed by atoms with Crippen molar-refractivity contribution in [1.82, 2.24) is 9.78 Å². The number of benzene rings is 2. The van der Waals surface area contributed by atoms with E-state index in [4.69, 9.17) is 0 Å². The second kappa shape index (κ2) is 9.66. The molecule has 4 aromatic rings. The molecule has 2 N–H and O–H groups in total. The number of thiophene rings is 1. The standard InChI is InChI=1S/C23H20F3N5O3S2/c1-30-20(23(24,25)26)14-18(29-30)19-12-13-21(35-19)36(33,34)31(2)17-10-8-16(9-11-17)28-22(32)27-15-6-4-3-5-7-15/h3-14H,1-2H3,(H2,27,28,32). The Kier molecular flexibility index (Phi) is 6.78. The molecule has 188 valence electrons. The first kappa shape index (κ1) is 25.3. The first-order valence-corrected chi connectivity index (χ1v) is 12.6. The molecule has 0 atom stereocenters. The van der Waals surface area contributed by atoms with Crippen LogP contribution < -0.4 is 14.9 Å². The van der Waals surface area contributed by atoms with Gasteiger partial charge in [0, 0.05) is 25.5 Å². The fraction of sp³-hybridized carbons (Fsp3) is 0.130. The number of rotatable bonds is 6. The Labute approximate surface area is 209 Å². The maximum atomic E-state index is 13.1. The van der Waals surface area contributed by atoms with Crippen molar-refractivity contribution in [2.24, 2.45) is 7.05 Å². The number of carbonyl (C=O) groups excluding carboxylic acids is 1. The monoisotopic (exact) mass is 535 g/mol. The molecule has 0 unspecified atom stereocenters. The SMILES string of the molecule is CN(c1ccc(NC(=O)Nc2ccccc2)cc1)S(=O)(=O)c1ccc(-c2cc(C(F)(F)F)n(C)n2)s1. The van der Waals surface area contributed by atoms with Crippen LogP contribution in [-0.4, -0.2) is 31.3 Å². The van der Waals surface area contributed by atoms with Crippen LogP contribution in [0, 0.1) is 0 Å². The average Bonchev–Trinajstić information content (AvgIpc) is 3.47. The summed E-state index contributed by atoms with van der Waals surface area (Å²) in [5.74, 6) is 0. The van der Waals surface area contributed by atoms with E-state index in [2.05, 4.69) is 15.7 Å². The van der Waals surface area contributed by atoms with Crippen LogP contribution in [0.4, 0.5) is 35.0 Å². The van der Waals surface area contributed by atoms with Crippen LogP contribution in [-0.2, 0) is 23.2 Å². The lowest BCUT2D eigenvalue weighted by Crippen LogP contribution is -2.25. The molecule has 0 fully saturated rings. The Hall–Kier alpha value is -3.84. The third-order valence-corrected chi connectivity index (χ3v) is 8.50. The summed E-state index contributed by atoms with van der Waals surface area (Å²) in [4.78, 5) is 12.4. The number of sulfonamides is 1. The molecule has 2 aromatic heterocycles. The van der Waals surface area contributed by atoms with Crippen molar-refractivity contribution in [2.45, 2.75) is 10.4 Å². The van der Waals surface area contributed by atoms with Crippen molar-refractivity contribution in [3.05, 3.63) is 78.5 Å². The van der Waals surface area contributed by atoms with Crippen LogP contribution in [0.3, 0.4) is 0 Å². The van der Waals surface area contributed by atoms with Crippen LogP contribution in [0.5, 0.6) is 0 Å². The van der Waals surface area contributed by atoms with Crippen molar-refractivity contribution in [1.29, 1.82) is 0 Å². The van der Waals surface area contributed by atoms with Crippen LogP contribution in [0.25, 0.3) is 10.6 Å². The summed E-state index contributed by atoms with van der Waals surface area (Å²) in [6.45, 7) is 0. The molecule has 0 aliphatic heterocycles. The smallest absolute Gasteiger partial charge is 0.308 e. The van der Waals surface area contributed by atoms with E-state index in [1.807, 2.05) is 6.07 Å². The minimum Gasteiger partial charge on any atom is -0.308 e. The highest BCUT2D eigenvalue weighted by atomic mass is 32.2. The number of nitrogens with one attached hydrogen (secondary N) is 2. The second-order valence-corrected chi connectivity index (χ2v) is 10.9. The maximum Gasteiger partial charge on any atom is 0.433 e. The number of urea groups is 1. The van der Waals surface area contributed by atoms with Gasteiger partial charge in [-0.05, 0) is 54.6 Å². The first-order chi connectivity index (χ1) is 16.9. The van der Waals surface area contributed by atoms with Gasteiger partial charge in [-0.2, -0.15) is 18.3 Å². The normalized spacial score (nSPS) is 11.8. The molecule has 0 radical (unpaired) electrons. The van der Waals surface area contributed by atoms with Crippen LogP contribution >= 0.6 is 11.3 Å². The summed E-state index contributed by atoms with van der Waals surface area (Å²) in [7, 11) is -1.45. The Balaban J connectivity index is 1.47. The predicted molar refractivity (Wildman–Crippen MR) is 133 cm³/mol. The van der Waals surface area contributed by atoms with Gasteiger partial charge in [-0.25, -0.2) is 13.2 Å². The van der Waals surface area contributed by atoms with Crippen LogP contribution in [0.1, 0.15) is 5.69 Å². The maximum absolute atomic E-state index is 13.1. The van der Waals surface area contributed by atoms with E-state index in [1.165, 1.54) is 38.4 Å². The number of para-hydroxylation sites is 1. The Morgan fingerprint density at radius 1 is 0.972 bits per heavy atom. The van der Waals surface area contributed by atoms with Crippen molar-refractivity contribution in [3.63, 3.8) is 0 Å². The zero-order valence-electron chi connectivity index (χ0n) is 18.9. The number of hydrogen-bond donors (Lipinski definition) is 2. The topological polar surface area (TPSA) is 96.3 Å². The number of hydrogen-bond acceptors (Lipinski definition) is 5. The fourth-order valence-corrected chi connectivity index (χ4v) is 5.92. The van der Waals surface area contributed by atoms with Gasteiger partial charge >= 0.3 is 12.2 Å². The number of nitrogens with zero attached hydrogens (tertiary/aromatic N) is 3. The molecule has 0 bridgehead atoms. The van der Waals surface area contributed by atoms with Crippen molar-refractivity contribution in [3.8, 4) is 10.6 Å². The average molecular weight is 536 g/mol. The lowest BCUT2D eigenvalue weighted by molar-refractivity contribution is -0.143. The number of aryl methyl sites for hydroxylation is 1. The zero-order valence-corrected chi connectivity index (χ0v) is 20.6. The summed E-state index contributed by atoms with van der Waals surface area (Å²) in [6, 6.07) is 18.2. The van der Waals surface area contributed by atoms with Gasteiger partial charge in [0.1, 0.15) is 15.6 Å². The van der Waals surface area contributed by atoms with E-state index in [0.29, 0.717) is 21.7 Å². The lowest BCUT2D eigenvalue weighted by atomic mass is 10.3. The van der Waals surface area contributed by atoms with Gasteiger partial charge in [-0.15, -0.1) is 11.3 Å². The van der Waals surface area contributed by atoms with Gasteiger partial charge in [0.2, 0.25) is 0 Å². The molecule has 2 heterocycles. The van der Waals surface area contributed by atoms with Gasteiger partial charge in [0.15, 0.2) is 0 Å². The van der Waals surface area contributed by atoms with Crippen molar-refractivity contribution < 1.29 is 26.4 Å². The van der Waals surface area contributed by atoms with Crippen LogP contribution in [0.2, 0.25) is 0 Å². The third kappa shape index (κ3) is 5.36. The number of halogens is 3. The highest BCUT2D eigenvalue weighted by Gasteiger charge is 2.35. The molecule has 2 amide bonds. The highest BCUT2D eigenvalue weighted by Crippen LogP contribution is 2.36. The van der Waals surface area contributed by atoms with E-state index in [9.17, 15) is 26.4 Å². The van der Waals surface area contributed by atoms with Gasteiger partial charge in [-0.1, -0.05) is 18.2 Å². The first-order valence-electron chi connectivity index (χ1n) is 10.4. The van der Waals surface area contributed by atoms with Gasteiger partial charge in [0.25, 0.3) is 10.0 Å². The summed E-state index contributed by atoms with van der Waals surface area (Å²) < 4.78 is 67.2. The molecular formula is C23H20F3N5O3S2. The van der Waals surface area contributed by atoms with E-state index in [0.717, 1.165) is 21.7 Å². The summed E-state index contributed by atoms with van der Waals surface area (Å²) in [5.41, 5.74) is 0.498. The fourth-order valence-electron chi connectivity index (χ4n) is 3.29. The van der Waals surface area contributed by atoms with Crippen LogP contribution in [0.15, 0.2) is 77.0 Å². The van der Waals surface area contributed by atoms with Gasteiger partial charge in [0.05, 0.1) is 10.6 Å². The summed E-state index contributed by atoms with van der Waals surface area (Å²) >= 11 is 0.823. The van der Waals surface area contributed by atoms with E-state index in [-0.39, 0.29) is 14.8 Å². The zero-order chi connectivity index (χ0) is 26.1. The minimum absolute atomic E-state index is 0.0307. The predicted octanol–water partition coefficient (Wildman–Crippen LogP) is 5.64. The molecule has 0 saturated heterocycles. The van der Waals surface area contributed by atoms with E-state index in [1.54, 1.807) is 36.4 Å². The Bertz CT molecular complexity index is 1480. The van der Waals surface area contributed by atoms with E-state index < -0.39 is 27.9 Å². The van der Waals surface area contributed by atoms with Crippen molar-refractivity contribution in [2.75, 3.05) is 22.0 Å². The largest absolute Gasteiger partial charge is 0.433 e. The summed E-state index contributed by atoms with van der Waals surface area (Å²) in [6.07, 6.45) is -4.57. The molecule has 36 heavy (non-hydrogen) atoms. The van der Waals surface area contributed by atoms with Crippen molar-refractivity contribution >= 4 is 44.5 Å². The highest BCUT2D eigenvalue weighted by molar-refractivity contribution is 7.94. The third-order valence-electron chi connectivity index (χ3n) is 5.14. The number of anilines is 3. The molecule has 0 saturated carbocycles. The Morgan fingerprint density at radius 2 is 1.58 bits per heavy atom.